The van der Waals surface area contributed by atoms with Crippen LogP contribution in [0.5, 0.6) is 0 Å². The van der Waals surface area contributed by atoms with E-state index in [0.717, 1.165) is 61.4 Å². The topological polar surface area (TPSA) is 61.8 Å². The normalized spacial score (nSPS) is 19.4. The third-order valence-electron chi connectivity index (χ3n) is 9.71. The van der Waals surface area contributed by atoms with Gasteiger partial charge in [0.25, 0.3) is 0 Å². The number of alkyl halides is 6. The quantitative estimate of drug-likeness (QED) is 0.139. The van der Waals surface area contributed by atoms with Gasteiger partial charge in [-0.25, -0.2) is 0 Å². The third-order valence-corrected chi connectivity index (χ3v) is 9.71. The summed E-state index contributed by atoms with van der Waals surface area (Å²) in [6.45, 7) is 2.13. The lowest BCUT2D eigenvalue weighted by Gasteiger charge is -2.42. The number of amides is 1. The molecule has 0 radical (unpaired) electrons. The van der Waals surface area contributed by atoms with E-state index in [1.807, 2.05) is 54.6 Å². The molecule has 5 rings (SSSR count). The number of hydrogen-bond donors (Lipinski definition) is 2. The Morgan fingerprint density at radius 1 is 0.812 bits per heavy atom. The first-order chi connectivity index (χ1) is 22.4. The lowest BCUT2D eigenvalue weighted by Crippen LogP contribution is -2.45. The SMILES string of the molecule is Cl.O=C1Nc2ccccc2C1(CCCO)CCCCN1CCC(COCc2cc(C(F)(F)F)cc(C(F)(F)F)c2)(c2ccccc2)CC1. The van der Waals surface area contributed by atoms with Crippen molar-refractivity contribution in [3.05, 3.63) is 101 Å². The van der Waals surface area contributed by atoms with Crippen LogP contribution in [0, 0.1) is 0 Å². The Kier molecular flexibility index (Phi) is 12.3. The van der Waals surface area contributed by atoms with E-state index in [-0.39, 0.29) is 49.8 Å². The maximum absolute atomic E-state index is 13.4. The van der Waals surface area contributed by atoms with Crippen molar-refractivity contribution in [3.63, 3.8) is 0 Å². The van der Waals surface area contributed by atoms with Crippen LogP contribution in [0.1, 0.15) is 72.8 Å². The summed E-state index contributed by atoms with van der Waals surface area (Å²) in [6.07, 6.45) is -4.91. The Hall–Kier alpha value is -3.12. The van der Waals surface area contributed by atoms with E-state index in [9.17, 15) is 36.2 Å². The fourth-order valence-electron chi connectivity index (χ4n) is 7.12. The number of unbranched alkanes of at least 4 members (excludes halogenated alkanes) is 1. The largest absolute Gasteiger partial charge is 0.416 e. The monoisotopic (exact) mass is 698 g/mol. The molecule has 0 spiro atoms. The Morgan fingerprint density at radius 3 is 2.04 bits per heavy atom. The van der Waals surface area contributed by atoms with Crippen molar-refractivity contribution in [2.45, 2.75) is 74.7 Å². The van der Waals surface area contributed by atoms with Gasteiger partial charge in [-0.2, -0.15) is 26.3 Å². The molecule has 5 nitrogen and oxygen atoms in total. The van der Waals surface area contributed by atoms with Crippen LogP contribution >= 0.6 is 12.4 Å². The Morgan fingerprint density at radius 2 is 1.42 bits per heavy atom. The number of rotatable bonds is 13. The summed E-state index contributed by atoms with van der Waals surface area (Å²) in [7, 11) is 0. The number of nitrogens with one attached hydrogen (secondary N) is 1. The number of piperidine rings is 1. The van der Waals surface area contributed by atoms with Crippen LogP contribution in [-0.2, 0) is 39.3 Å². The summed E-state index contributed by atoms with van der Waals surface area (Å²) in [5, 5.41) is 12.5. The lowest BCUT2D eigenvalue weighted by molar-refractivity contribution is -0.143. The molecule has 12 heteroatoms. The predicted octanol–water partition coefficient (Wildman–Crippen LogP) is 8.53. The molecule has 2 heterocycles. The molecule has 2 aliphatic rings. The maximum Gasteiger partial charge on any atom is 0.416 e. The Labute approximate surface area is 283 Å². The molecule has 1 amide bonds. The van der Waals surface area contributed by atoms with Gasteiger partial charge in [-0.3, -0.25) is 4.79 Å². The summed E-state index contributed by atoms with van der Waals surface area (Å²) in [5.74, 6) is -0.0162. The smallest absolute Gasteiger partial charge is 0.396 e. The van der Waals surface area contributed by atoms with Gasteiger partial charge in [0.15, 0.2) is 0 Å². The molecular weight excluding hydrogens is 658 g/mol. The number of hydrogen-bond acceptors (Lipinski definition) is 4. The zero-order valence-corrected chi connectivity index (χ0v) is 27.3. The van der Waals surface area contributed by atoms with Gasteiger partial charge >= 0.3 is 12.4 Å². The molecule has 1 atom stereocenters. The lowest BCUT2D eigenvalue weighted by atomic mass is 9.73. The van der Waals surface area contributed by atoms with Gasteiger partial charge in [0.1, 0.15) is 0 Å². The zero-order valence-electron chi connectivity index (χ0n) is 26.5. The molecule has 1 saturated heterocycles. The molecule has 2 N–H and O–H groups in total. The fourth-order valence-corrected chi connectivity index (χ4v) is 7.12. The summed E-state index contributed by atoms with van der Waals surface area (Å²) >= 11 is 0. The van der Waals surface area contributed by atoms with Gasteiger partial charge in [-0.05, 0) is 99.1 Å². The molecule has 0 aromatic heterocycles. The number of ether oxygens (including phenoxy) is 1. The second-order valence-electron chi connectivity index (χ2n) is 12.8. The summed E-state index contributed by atoms with van der Waals surface area (Å²) in [4.78, 5) is 15.5. The molecule has 3 aromatic rings. The number of aliphatic hydroxyl groups is 1. The Bertz CT molecular complexity index is 1480. The van der Waals surface area contributed by atoms with Gasteiger partial charge in [-0.15, -0.1) is 12.4 Å². The standard InChI is InChI=1S/C36H40F6N2O3.ClH/c37-35(38,39)28-21-26(22-29(23-28)36(40,41)42)24-47-25-33(27-9-2-1-3-10-27)15-18-44(19-16-33)17-7-6-13-34(14-8-20-45)30-11-4-5-12-31(30)43-32(34)46;/h1-5,9-12,21-23,45H,6-8,13-20,24-25H2,(H,43,46);1H. The van der Waals surface area contributed by atoms with Crippen molar-refractivity contribution in [1.82, 2.24) is 4.90 Å². The molecule has 0 saturated carbocycles. The van der Waals surface area contributed by atoms with E-state index in [1.165, 1.54) is 0 Å². The predicted molar refractivity (Wildman–Crippen MR) is 174 cm³/mol. The van der Waals surface area contributed by atoms with Crippen molar-refractivity contribution >= 4 is 24.0 Å². The first-order valence-electron chi connectivity index (χ1n) is 16.0. The van der Waals surface area contributed by atoms with E-state index in [4.69, 9.17) is 4.74 Å². The van der Waals surface area contributed by atoms with Crippen LogP contribution in [0.15, 0.2) is 72.8 Å². The number of likely N-dealkylation sites (tertiary alicyclic amines) is 1. The third kappa shape index (κ3) is 8.53. The van der Waals surface area contributed by atoms with Crippen LogP contribution in [-0.4, -0.2) is 48.8 Å². The van der Waals surface area contributed by atoms with E-state index in [2.05, 4.69) is 10.2 Å². The molecule has 48 heavy (non-hydrogen) atoms. The second kappa shape index (κ2) is 15.6. The number of anilines is 1. The van der Waals surface area contributed by atoms with E-state index < -0.39 is 34.3 Å². The van der Waals surface area contributed by atoms with Crippen molar-refractivity contribution in [3.8, 4) is 0 Å². The number of aliphatic hydroxyl groups excluding tert-OH is 1. The van der Waals surface area contributed by atoms with Crippen LogP contribution in [0.4, 0.5) is 32.0 Å². The number of halogens is 7. The summed E-state index contributed by atoms with van der Waals surface area (Å²) < 4.78 is 86.1. The van der Waals surface area contributed by atoms with Crippen molar-refractivity contribution in [1.29, 1.82) is 0 Å². The van der Waals surface area contributed by atoms with E-state index in [0.29, 0.717) is 32.1 Å². The first kappa shape index (κ1) is 37.7. The molecule has 3 aromatic carbocycles. The maximum atomic E-state index is 13.4. The van der Waals surface area contributed by atoms with Gasteiger partial charge < -0.3 is 20.1 Å². The minimum atomic E-state index is -4.91. The molecule has 1 unspecified atom stereocenters. The van der Waals surface area contributed by atoms with Crippen molar-refractivity contribution < 1.29 is 41.0 Å². The number of nitrogens with zero attached hydrogens (tertiary/aromatic N) is 1. The second-order valence-corrected chi connectivity index (χ2v) is 12.8. The number of carbonyl (C=O) groups is 1. The molecular formula is C36H41ClF6N2O3. The van der Waals surface area contributed by atoms with Gasteiger partial charge in [0.05, 0.1) is 29.8 Å². The summed E-state index contributed by atoms with van der Waals surface area (Å²) in [6, 6.07) is 19.0. The number of para-hydroxylation sites is 1. The van der Waals surface area contributed by atoms with Crippen molar-refractivity contribution in [2.24, 2.45) is 0 Å². The summed E-state index contributed by atoms with van der Waals surface area (Å²) in [5.41, 5.74) is -1.13. The zero-order chi connectivity index (χ0) is 33.7. The van der Waals surface area contributed by atoms with Crippen LogP contribution in [0.3, 0.4) is 0 Å². The van der Waals surface area contributed by atoms with Crippen LogP contribution in [0.2, 0.25) is 0 Å². The first-order valence-corrected chi connectivity index (χ1v) is 16.0. The fraction of sp³-hybridized carbons (Fsp3) is 0.472. The molecule has 0 aliphatic carbocycles. The minimum absolute atomic E-state index is 0. The van der Waals surface area contributed by atoms with Gasteiger partial charge in [0.2, 0.25) is 5.91 Å². The van der Waals surface area contributed by atoms with E-state index in [1.54, 1.807) is 0 Å². The highest BCUT2D eigenvalue weighted by molar-refractivity contribution is 6.06. The average Bonchev–Trinajstić information content (AvgIpc) is 3.33. The van der Waals surface area contributed by atoms with Crippen LogP contribution < -0.4 is 5.32 Å². The number of fused-ring (bicyclic) bond motifs is 1. The van der Waals surface area contributed by atoms with Gasteiger partial charge in [-0.1, -0.05) is 55.0 Å². The van der Waals surface area contributed by atoms with E-state index >= 15 is 0 Å². The molecule has 0 bridgehead atoms. The Balaban J connectivity index is 0.00000520. The highest BCUT2D eigenvalue weighted by Gasteiger charge is 2.45. The average molecular weight is 699 g/mol. The highest BCUT2D eigenvalue weighted by atomic mass is 35.5. The number of benzene rings is 3. The van der Waals surface area contributed by atoms with Crippen LogP contribution in [0.25, 0.3) is 0 Å². The van der Waals surface area contributed by atoms with Gasteiger partial charge in [0, 0.05) is 17.7 Å². The minimum Gasteiger partial charge on any atom is -0.396 e. The highest BCUT2D eigenvalue weighted by Crippen LogP contribution is 2.45. The molecule has 2 aliphatic heterocycles. The molecule has 262 valence electrons. The van der Waals surface area contributed by atoms with Crippen molar-refractivity contribution in [2.75, 3.05) is 38.2 Å². The number of carbonyl (C=O) groups excluding carboxylic acids is 1. The molecule has 1 fully saturated rings.